The molecule has 0 amide bonds. The van der Waals surface area contributed by atoms with Crippen LogP contribution in [0.1, 0.15) is 5.56 Å². The molecule has 1 rings (SSSR count). The van der Waals surface area contributed by atoms with Crippen LogP contribution in [-0.2, 0) is 0 Å². The van der Waals surface area contributed by atoms with Gasteiger partial charge in [-0.1, -0.05) is 0 Å². The summed E-state index contributed by atoms with van der Waals surface area (Å²) in [6.07, 6.45) is -4.40. The molecule has 0 aliphatic carbocycles. The van der Waals surface area contributed by atoms with E-state index in [1.165, 1.54) is 6.07 Å². The second-order valence-corrected chi connectivity index (χ2v) is 2.37. The number of nitrogen functional groups attached to an aromatic ring is 1. The van der Waals surface area contributed by atoms with Gasteiger partial charge in [0.1, 0.15) is 6.07 Å². The molecule has 0 fully saturated rings. The number of nitriles is 1. The highest BCUT2D eigenvalue weighted by molar-refractivity contribution is 5.50. The number of pyridine rings is 1. The number of aromatic nitrogens is 1. The first-order valence-corrected chi connectivity index (χ1v) is 3.45. The second kappa shape index (κ2) is 3.61. The lowest BCUT2D eigenvalue weighted by atomic mass is 10.2. The highest BCUT2D eigenvalue weighted by Crippen LogP contribution is 2.27. The Hall–Kier alpha value is -2.04. The molecule has 1 aromatic heterocycles. The number of alkyl halides is 3. The van der Waals surface area contributed by atoms with Gasteiger partial charge in [-0.3, -0.25) is 0 Å². The topological polar surface area (TPSA) is 71.9 Å². The molecule has 0 unspecified atom stereocenters. The fourth-order valence-corrected chi connectivity index (χ4v) is 0.772. The first-order valence-electron chi connectivity index (χ1n) is 3.45. The molecule has 0 saturated heterocycles. The molecule has 0 aliphatic rings. The quantitative estimate of drug-likeness (QED) is 0.730. The predicted molar refractivity (Wildman–Crippen MR) is 40.0 cm³/mol. The third-order valence-electron chi connectivity index (χ3n) is 1.33. The summed E-state index contributed by atoms with van der Waals surface area (Å²) in [7, 11) is 0. The zero-order chi connectivity index (χ0) is 11.6. The van der Waals surface area contributed by atoms with Crippen LogP contribution in [-0.4, -0.2) is 11.3 Å². The highest BCUT2D eigenvalue weighted by atomic mass is 19.4. The molecule has 2 N–H and O–H groups in total. The van der Waals surface area contributed by atoms with E-state index in [1.54, 1.807) is 0 Å². The van der Waals surface area contributed by atoms with Crippen LogP contribution in [0.15, 0.2) is 6.20 Å². The minimum Gasteiger partial charge on any atom is -0.395 e. The molecule has 0 aromatic carbocycles. The van der Waals surface area contributed by atoms with Gasteiger partial charge in [0, 0.05) is 0 Å². The fourth-order valence-electron chi connectivity index (χ4n) is 0.772. The van der Waals surface area contributed by atoms with Gasteiger partial charge in [0.2, 0.25) is 5.88 Å². The average Bonchev–Trinajstić information content (AvgIpc) is 2.10. The molecule has 1 heterocycles. The van der Waals surface area contributed by atoms with Crippen molar-refractivity contribution in [2.75, 3.05) is 5.73 Å². The van der Waals surface area contributed by atoms with E-state index >= 15 is 0 Å². The molecular formula is C7H3F4N3O. The molecule has 8 heteroatoms. The number of anilines is 1. The van der Waals surface area contributed by atoms with Gasteiger partial charge in [-0.2, -0.15) is 5.26 Å². The zero-order valence-electron chi connectivity index (χ0n) is 6.97. The summed E-state index contributed by atoms with van der Waals surface area (Å²) in [6, 6.07) is 1.18. The Morgan fingerprint density at radius 1 is 1.47 bits per heavy atom. The van der Waals surface area contributed by atoms with Crippen molar-refractivity contribution in [1.29, 1.82) is 5.26 Å². The van der Waals surface area contributed by atoms with Crippen molar-refractivity contribution >= 4 is 5.69 Å². The summed E-state index contributed by atoms with van der Waals surface area (Å²) >= 11 is 0. The third kappa shape index (κ3) is 2.46. The van der Waals surface area contributed by atoms with E-state index in [9.17, 15) is 17.6 Å². The van der Waals surface area contributed by atoms with Crippen molar-refractivity contribution in [3.05, 3.63) is 17.6 Å². The summed E-state index contributed by atoms with van der Waals surface area (Å²) < 4.78 is 51.6. The van der Waals surface area contributed by atoms with Gasteiger partial charge in [0.05, 0.1) is 11.9 Å². The van der Waals surface area contributed by atoms with Crippen LogP contribution in [0.3, 0.4) is 0 Å². The van der Waals surface area contributed by atoms with Crippen molar-refractivity contribution in [3.63, 3.8) is 0 Å². The number of halogens is 4. The fraction of sp³-hybridized carbons (Fsp3) is 0.143. The predicted octanol–water partition coefficient (Wildman–Crippen LogP) is 1.57. The summed E-state index contributed by atoms with van der Waals surface area (Å²) in [5, 5.41) is 8.39. The normalized spacial score (nSPS) is 10.9. The second-order valence-electron chi connectivity index (χ2n) is 2.37. The Morgan fingerprint density at radius 2 is 2.07 bits per heavy atom. The van der Waals surface area contributed by atoms with Crippen LogP contribution >= 0.6 is 0 Å². The summed E-state index contributed by atoms with van der Waals surface area (Å²) in [4.78, 5) is 3.07. The Morgan fingerprint density at radius 3 is 2.53 bits per heavy atom. The van der Waals surface area contributed by atoms with E-state index in [2.05, 4.69) is 9.72 Å². The lowest BCUT2D eigenvalue weighted by Crippen LogP contribution is -2.19. The minimum absolute atomic E-state index is 0.527. The van der Waals surface area contributed by atoms with E-state index in [1.807, 2.05) is 0 Å². The van der Waals surface area contributed by atoms with E-state index in [-0.39, 0.29) is 0 Å². The first-order chi connectivity index (χ1) is 6.85. The highest BCUT2D eigenvalue weighted by Gasteiger charge is 2.34. The van der Waals surface area contributed by atoms with Crippen LogP contribution < -0.4 is 10.5 Å². The average molecular weight is 221 g/mol. The van der Waals surface area contributed by atoms with E-state index < -0.39 is 29.3 Å². The number of rotatable bonds is 1. The van der Waals surface area contributed by atoms with Crippen LogP contribution in [0.5, 0.6) is 5.88 Å². The van der Waals surface area contributed by atoms with Gasteiger partial charge in [0.15, 0.2) is 11.4 Å². The van der Waals surface area contributed by atoms with Crippen molar-refractivity contribution < 1.29 is 22.3 Å². The third-order valence-corrected chi connectivity index (χ3v) is 1.33. The van der Waals surface area contributed by atoms with Gasteiger partial charge in [-0.05, 0) is 0 Å². The Labute approximate surface area is 80.9 Å². The molecule has 80 valence electrons. The molecule has 15 heavy (non-hydrogen) atoms. The standard InChI is InChI=1S/C7H3F4N3O/c8-5-3(1-12)6(14-2-4(5)13)15-7(9,10)11/h2H,13H2. The van der Waals surface area contributed by atoms with Crippen LogP contribution in [0.4, 0.5) is 23.2 Å². The molecule has 4 nitrogen and oxygen atoms in total. The lowest BCUT2D eigenvalue weighted by molar-refractivity contribution is -0.276. The van der Waals surface area contributed by atoms with Crippen LogP contribution in [0.2, 0.25) is 0 Å². The molecule has 0 saturated carbocycles. The van der Waals surface area contributed by atoms with E-state index in [0.717, 1.165) is 0 Å². The van der Waals surface area contributed by atoms with E-state index in [4.69, 9.17) is 11.0 Å². The van der Waals surface area contributed by atoms with Gasteiger partial charge in [-0.25, -0.2) is 9.37 Å². The molecule has 0 bridgehead atoms. The molecule has 1 aromatic rings. The SMILES string of the molecule is N#Cc1c(OC(F)(F)F)ncc(N)c1F. The molecular weight excluding hydrogens is 218 g/mol. The van der Waals surface area contributed by atoms with Crippen LogP contribution in [0, 0.1) is 17.1 Å². The lowest BCUT2D eigenvalue weighted by Gasteiger charge is -2.09. The van der Waals surface area contributed by atoms with Crippen molar-refractivity contribution in [1.82, 2.24) is 4.98 Å². The maximum absolute atomic E-state index is 13.0. The number of ether oxygens (including phenoxy) is 1. The Balaban J connectivity index is 3.21. The zero-order valence-corrected chi connectivity index (χ0v) is 6.97. The van der Waals surface area contributed by atoms with Gasteiger partial charge in [0.25, 0.3) is 0 Å². The Kier molecular flexibility index (Phi) is 2.65. The molecule has 0 spiro atoms. The maximum Gasteiger partial charge on any atom is 0.574 e. The van der Waals surface area contributed by atoms with Gasteiger partial charge < -0.3 is 10.5 Å². The summed E-state index contributed by atoms with van der Waals surface area (Å²) in [5.74, 6) is -2.44. The number of hydrogen-bond acceptors (Lipinski definition) is 4. The van der Waals surface area contributed by atoms with Gasteiger partial charge in [-0.15, -0.1) is 13.2 Å². The van der Waals surface area contributed by atoms with Crippen LogP contribution in [0.25, 0.3) is 0 Å². The summed E-state index contributed by atoms with van der Waals surface area (Å²) in [6.45, 7) is 0. The summed E-state index contributed by atoms with van der Waals surface area (Å²) in [5.41, 5.74) is 3.50. The van der Waals surface area contributed by atoms with E-state index in [0.29, 0.717) is 6.20 Å². The van der Waals surface area contributed by atoms with Gasteiger partial charge >= 0.3 is 6.36 Å². The van der Waals surface area contributed by atoms with Crippen molar-refractivity contribution in [2.24, 2.45) is 0 Å². The molecule has 0 atom stereocenters. The smallest absolute Gasteiger partial charge is 0.395 e. The maximum atomic E-state index is 13.0. The monoisotopic (exact) mass is 221 g/mol. The minimum atomic E-state index is -5.04. The van der Waals surface area contributed by atoms with Crippen molar-refractivity contribution in [2.45, 2.75) is 6.36 Å². The first kappa shape index (κ1) is 11.0. The largest absolute Gasteiger partial charge is 0.574 e. The number of nitrogens with two attached hydrogens (primary N) is 1. The molecule has 0 aliphatic heterocycles. The number of nitrogens with zero attached hydrogens (tertiary/aromatic N) is 2. The Bertz CT molecular complexity index is 423. The number of hydrogen-bond donors (Lipinski definition) is 1. The molecule has 0 radical (unpaired) electrons. The van der Waals surface area contributed by atoms with Crippen molar-refractivity contribution in [3.8, 4) is 11.9 Å².